The molecular weight excluding hydrogens is 444 g/mol. The number of hydrogen-bond donors (Lipinski definition) is 2. The number of benzene rings is 1. The van der Waals surface area contributed by atoms with Crippen LogP contribution in [0, 0.1) is 11.8 Å². The molecule has 36 heavy (non-hydrogen) atoms. The topological polar surface area (TPSA) is 42.5 Å². The van der Waals surface area contributed by atoms with E-state index in [1.54, 1.807) is 0 Å². The SMILES string of the molecule is CCC1(C)CC(OCc2cccc(COC3CC(C)(CC)NC(C)(CC)C3C)c2)C(C)C(C)(CC)N1. The summed E-state index contributed by atoms with van der Waals surface area (Å²) in [6, 6.07) is 8.84. The Morgan fingerprint density at radius 3 is 1.42 bits per heavy atom. The monoisotopic (exact) mass is 500 g/mol. The molecule has 8 unspecified atom stereocenters. The Bertz CT molecular complexity index is 795. The second kappa shape index (κ2) is 11.4. The van der Waals surface area contributed by atoms with Gasteiger partial charge in [0.25, 0.3) is 0 Å². The predicted octanol–water partition coefficient (Wildman–Crippen LogP) is 7.39. The lowest BCUT2D eigenvalue weighted by atomic mass is 9.70. The number of hydrogen-bond acceptors (Lipinski definition) is 4. The van der Waals surface area contributed by atoms with Gasteiger partial charge in [0.1, 0.15) is 0 Å². The maximum absolute atomic E-state index is 6.64. The highest BCUT2D eigenvalue weighted by atomic mass is 16.5. The Morgan fingerprint density at radius 1 is 0.694 bits per heavy atom. The zero-order valence-corrected chi connectivity index (χ0v) is 25.1. The van der Waals surface area contributed by atoms with E-state index in [4.69, 9.17) is 9.47 Å². The molecule has 0 bridgehead atoms. The fourth-order valence-corrected chi connectivity index (χ4v) is 6.68. The van der Waals surface area contributed by atoms with Crippen molar-refractivity contribution in [3.8, 4) is 0 Å². The van der Waals surface area contributed by atoms with Crippen molar-refractivity contribution in [3.63, 3.8) is 0 Å². The second-order valence-corrected chi connectivity index (χ2v) is 13.1. The normalized spacial score (nSPS) is 41.4. The van der Waals surface area contributed by atoms with Crippen molar-refractivity contribution in [1.29, 1.82) is 0 Å². The molecule has 2 aliphatic heterocycles. The van der Waals surface area contributed by atoms with E-state index >= 15 is 0 Å². The highest BCUT2D eigenvalue weighted by Crippen LogP contribution is 2.40. The molecule has 0 amide bonds. The average Bonchev–Trinajstić information content (AvgIpc) is 2.87. The van der Waals surface area contributed by atoms with Gasteiger partial charge in [0.05, 0.1) is 25.4 Å². The van der Waals surface area contributed by atoms with Gasteiger partial charge in [0, 0.05) is 34.0 Å². The van der Waals surface area contributed by atoms with Gasteiger partial charge in [-0.05, 0) is 77.3 Å². The molecule has 1 aromatic rings. The van der Waals surface area contributed by atoms with Gasteiger partial charge in [-0.3, -0.25) is 0 Å². The molecule has 2 N–H and O–H groups in total. The molecule has 2 heterocycles. The zero-order valence-electron chi connectivity index (χ0n) is 25.1. The third-order valence-electron chi connectivity index (χ3n) is 10.6. The molecule has 1 aromatic carbocycles. The summed E-state index contributed by atoms with van der Waals surface area (Å²) in [4.78, 5) is 0. The van der Waals surface area contributed by atoms with E-state index in [1.165, 1.54) is 11.1 Å². The lowest BCUT2D eigenvalue weighted by Crippen LogP contribution is -2.66. The van der Waals surface area contributed by atoms with Crippen molar-refractivity contribution >= 4 is 0 Å². The Kier molecular flexibility index (Phi) is 9.41. The van der Waals surface area contributed by atoms with E-state index < -0.39 is 0 Å². The summed E-state index contributed by atoms with van der Waals surface area (Å²) in [6.45, 7) is 24.6. The molecule has 0 aromatic heterocycles. The van der Waals surface area contributed by atoms with Crippen molar-refractivity contribution in [2.75, 3.05) is 0 Å². The molecule has 4 nitrogen and oxygen atoms in total. The van der Waals surface area contributed by atoms with E-state index in [1.807, 2.05) is 0 Å². The predicted molar refractivity (Wildman–Crippen MR) is 152 cm³/mol. The first kappa shape index (κ1) is 29.6. The van der Waals surface area contributed by atoms with Gasteiger partial charge in [-0.15, -0.1) is 0 Å². The van der Waals surface area contributed by atoms with Crippen LogP contribution in [0.15, 0.2) is 24.3 Å². The first-order chi connectivity index (χ1) is 16.8. The van der Waals surface area contributed by atoms with Gasteiger partial charge >= 0.3 is 0 Å². The largest absolute Gasteiger partial charge is 0.373 e. The summed E-state index contributed by atoms with van der Waals surface area (Å²) in [5.74, 6) is 0.937. The number of nitrogens with one attached hydrogen (secondary N) is 2. The van der Waals surface area contributed by atoms with E-state index in [2.05, 4.69) is 104 Å². The Balaban J connectivity index is 1.64. The molecule has 0 aliphatic carbocycles. The second-order valence-electron chi connectivity index (χ2n) is 13.1. The third kappa shape index (κ3) is 6.37. The Morgan fingerprint density at radius 2 is 1.08 bits per heavy atom. The summed E-state index contributed by atoms with van der Waals surface area (Å²) < 4.78 is 13.3. The standard InChI is InChI=1S/C32H56N2O2/c1-11-29(7)19-27(23(5)31(9,13-3)33-29)35-21-25-16-15-17-26(18-25)22-36-28-20-30(8,12-2)34-32(10,14-4)24(28)6/h15-18,23-24,27-28,33-34H,11-14,19-22H2,1-10H3. The van der Waals surface area contributed by atoms with Gasteiger partial charge in [-0.1, -0.05) is 65.8 Å². The fourth-order valence-electron chi connectivity index (χ4n) is 6.68. The average molecular weight is 501 g/mol. The first-order valence-electron chi connectivity index (χ1n) is 14.7. The van der Waals surface area contributed by atoms with Crippen LogP contribution < -0.4 is 10.6 Å². The van der Waals surface area contributed by atoms with Crippen LogP contribution in [0.3, 0.4) is 0 Å². The molecule has 0 saturated carbocycles. The molecular formula is C32H56N2O2. The van der Waals surface area contributed by atoms with Crippen LogP contribution in [0.25, 0.3) is 0 Å². The maximum atomic E-state index is 6.64. The van der Waals surface area contributed by atoms with Crippen molar-refractivity contribution < 1.29 is 9.47 Å². The van der Waals surface area contributed by atoms with Gasteiger partial charge in [-0.2, -0.15) is 0 Å². The lowest BCUT2D eigenvalue weighted by Gasteiger charge is -2.53. The quantitative estimate of drug-likeness (QED) is 0.351. The van der Waals surface area contributed by atoms with E-state index in [9.17, 15) is 0 Å². The Labute approximate surface area is 222 Å². The van der Waals surface area contributed by atoms with Crippen LogP contribution in [0.2, 0.25) is 0 Å². The molecule has 2 saturated heterocycles. The van der Waals surface area contributed by atoms with Crippen LogP contribution in [-0.4, -0.2) is 34.4 Å². The third-order valence-corrected chi connectivity index (χ3v) is 10.6. The molecule has 3 rings (SSSR count). The Hall–Kier alpha value is -0.940. The zero-order chi connectivity index (χ0) is 26.8. The van der Waals surface area contributed by atoms with Crippen LogP contribution in [0.5, 0.6) is 0 Å². The van der Waals surface area contributed by atoms with Gasteiger partial charge in [-0.25, -0.2) is 0 Å². The summed E-state index contributed by atoms with van der Waals surface area (Å²) in [6.07, 6.45) is 7.09. The summed E-state index contributed by atoms with van der Waals surface area (Å²) in [5.41, 5.74) is 2.96. The number of piperidine rings is 2. The minimum absolute atomic E-state index is 0.106. The molecule has 0 spiro atoms. The van der Waals surface area contributed by atoms with Crippen molar-refractivity contribution in [2.45, 2.75) is 155 Å². The summed E-state index contributed by atoms with van der Waals surface area (Å²) >= 11 is 0. The van der Waals surface area contributed by atoms with Gasteiger partial charge in [0.2, 0.25) is 0 Å². The van der Waals surface area contributed by atoms with E-state index in [0.29, 0.717) is 25.0 Å². The lowest BCUT2D eigenvalue weighted by molar-refractivity contribution is -0.0802. The molecule has 2 fully saturated rings. The van der Waals surface area contributed by atoms with Crippen LogP contribution in [0.4, 0.5) is 0 Å². The first-order valence-corrected chi connectivity index (χ1v) is 14.7. The van der Waals surface area contributed by atoms with Gasteiger partial charge < -0.3 is 20.1 Å². The van der Waals surface area contributed by atoms with Crippen LogP contribution >= 0.6 is 0 Å². The highest BCUT2D eigenvalue weighted by molar-refractivity contribution is 5.22. The maximum Gasteiger partial charge on any atom is 0.0720 e. The molecule has 206 valence electrons. The summed E-state index contributed by atoms with van der Waals surface area (Å²) in [7, 11) is 0. The molecule has 0 radical (unpaired) electrons. The van der Waals surface area contributed by atoms with Crippen LogP contribution in [-0.2, 0) is 22.7 Å². The number of rotatable bonds is 10. The van der Waals surface area contributed by atoms with Crippen molar-refractivity contribution in [1.82, 2.24) is 10.6 Å². The highest BCUT2D eigenvalue weighted by Gasteiger charge is 2.47. The molecule has 4 heteroatoms. The minimum atomic E-state index is 0.106. The van der Waals surface area contributed by atoms with E-state index in [-0.39, 0.29) is 34.4 Å². The summed E-state index contributed by atoms with van der Waals surface area (Å²) in [5, 5.41) is 7.93. The molecule has 8 atom stereocenters. The van der Waals surface area contributed by atoms with Crippen LogP contribution in [0.1, 0.15) is 119 Å². The smallest absolute Gasteiger partial charge is 0.0720 e. The van der Waals surface area contributed by atoms with Crippen molar-refractivity contribution in [2.24, 2.45) is 11.8 Å². The van der Waals surface area contributed by atoms with Crippen molar-refractivity contribution in [3.05, 3.63) is 35.4 Å². The van der Waals surface area contributed by atoms with Gasteiger partial charge in [0.15, 0.2) is 0 Å². The fraction of sp³-hybridized carbons (Fsp3) is 0.812. The number of ether oxygens (including phenoxy) is 2. The van der Waals surface area contributed by atoms with E-state index in [0.717, 1.165) is 38.5 Å². The molecule has 2 aliphatic rings. The minimum Gasteiger partial charge on any atom is -0.373 e.